The van der Waals surface area contributed by atoms with Crippen LogP contribution in [0.5, 0.6) is 0 Å². The van der Waals surface area contributed by atoms with Crippen molar-refractivity contribution in [1.82, 2.24) is 15.1 Å². The van der Waals surface area contributed by atoms with E-state index in [9.17, 15) is 0 Å². The van der Waals surface area contributed by atoms with Crippen LogP contribution in [0.4, 0.5) is 0 Å². The first-order chi connectivity index (χ1) is 9.71. The van der Waals surface area contributed by atoms with Crippen LogP contribution in [0.2, 0.25) is 0 Å². The molecule has 0 spiro atoms. The zero-order valence-electron chi connectivity index (χ0n) is 13.1. The zero-order chi connectivity index (χ0) is 14.5. The molecule has 3 nitrogen and oxygen atoms in total. The van der Waals surface area contributed by atoms with Gasteiger partial charge in [-0.15, -0.1) is 0 Å². The quantitative estimate of drug-likeness (QED) is 0.813. The normalized spacial score (nSPS) is 22.6. The van der Waals surface area contributed by atoms with E-state index in [1.165, 1.54) is 41.5 Å². The molecular formula is C16H28BrN3. The van der Waals surface area contributed by atoms with E-state index in [4.69, 9.17) is 5.10 Å². The maximum absolute atomic E-state index is 4.73. The molecular weight excluding hydrogens is 314 g/mol. The van der Waals surface area contributed by atoms with Crippen molar-refractivity contribution >= 4 is 15.9 Å². The smallest absolute Gasteiger partial charge is 0.0766 e. The maximum Gasteiger partial charge on any atom is 0.0766 e. The fraction of sp³-hybridized carbons (Fsp3) is 0.812. The van der Waals surface area contributed by atoms with Crippen LogP contribution in [0, 0.1) is 5.92 Å². The summed E-state index contributed by atoms with van der Waals surface area (Å²) in [6.45, 7) is 8.72. The second-order valence-corrected chi connectivity index (χ2v) is 6.63. The van der Waals surface area contributed by atoms with Gasteiger partial charge in [-0.25, -0.2) is 0 Å². The largest absolute Gasteiger partial charge is 0.314 e. The van der Waals surface area contributed by atoms with Crippen LogP contribution in [0.1, 0.15) is 57.8 Å². The first-order valence-corrected chi connectivity index (χ1v) is 8.97. The lowest BCUT2D eigenvalue weighted by Gasteiger charge is -2.21. The van der Waals surface area contributed by atoms with E-state index in [2.05, 4.69) is 46.7 Å². The van der Waals surface area contributed by atoms with Gasteiger partial charge >= 0.3 is 0 Å². The predicted octanol–water partition coefficient (Wildman–Crippen LogP) is 3.94. The van der Waals surface area contributed by atoms with Crippen molar-refractivity contribution < 1.29 is 0 Å². The molecule has 1 aromatic rings. The zero-order valence-corrected chi connectivity index (χ0v) is 14.7. The topological polar surface area (TPSA) is 29.9 Å². The Morgan fingerprint density at radius 2 is 2.10 bits per heavy atom. The van der Waals surface area contributed by atoms with Crippen molar-refractivity contribution in [3.63, 3.8) is 0 Å². The molecule has 20 heavy (non-hydrogen) atoms. The van der Waals surface area contributed by atoms with Crippen molar-refractivity contribution in [3.8, 4) is 0 Å². The summed E-state index contributed by atoms with van der Waals surface area (Å²) in [6.07, 6.45) is 7.43. The minimum Gasteiger partial charge on any atom is -0.314 e. The molecule has 0 aromatic carbocycles. The molecule has 0 radical (unpaired) electrons. The molecule has 1 fully saturated rings. The van der Waals surface area contributed by atoms with E-state index in [1.54, 1.807) is 0 Å². The molecule has 1 aliphatic carbocycles. The Bertz CT molecular complexity index is 428. The SMILES string of the molecule is CCCNC1CCCC1Cc1c(Br)c(CC)nn1CC. The molecule has 1 aromatic heterocycles. The summed E-state index contributed by atoms with van der Waals surface area (Å²) in [5.41, 5.74) is 2.61. The van der Waals surface area contributed by atoms with Crippen LogP contribution in [-0.4, -0.2) is 22.4 Å². The van der Waals surface area contributed by atoms with E-state index in [-0.39, 0.29) is 0 Å². The van der Waals surface area contributed by atoms with Gasteiger partial charge in [-0.05, 0) is 67.4 Å². The Morgan fingerprint density at radius 1 is 1.30 bits per heavy atom. The Morgan fingerprint density at radius 3 is 2.75 bits per heavy atom. The predicted molar refractivity (Wildman–Crippen MR) is 88.1 cm³/mol. The monoisotopic (exact) mass is 341 g/mol. The third-order valence-corrected chi connectivity index (χ3v) is 5.38. The van der Waals surface area contributed by atoms with Gasteiger partial charge < -0.3 is 5.32 Å². The van der Waals surface area contributed by atoms with Gasteiger partial charge in [-0.2, -0.15) is 5.10 Å². The minimum absolute atomic E-state index is 0.701. The summed E-state index contributed by atoms with van der Waals surface area (Å²) in [5.74, 6) is 0.768. The second kappa shape index (κ2) is 7.60. The second-order valence-electron chi connectivity index (χ2n) is 5.83. The van der Waals surface area contributed by atoms with Crippen LogP contribution < -0.4 is 5.32 Å². The molecule has 0 bridgehead atoms. The van der Waals surface area contributed by atoms with Gasteiger partial charge in [0.15, 0.2) is 0 Å². The fourth-order valence-electron chi connectivity index (χ4n) is 3.34. The first-order valence-electron chi connectivity index (χ1n) is 8.18. The molecule has 114 valence electrons. The molecule has 1 heterocycles. The number of hydrogen-bond donors (Lipinski definition) is 1. The highest BCUT2D eigenvalue weighted by Crippen LogP contribution is 2.32. The van der Waals surface area contributed by atoms with E-state index in [0.29, 0.717) is 6.04 Å². The molecule has 0 aliphatic heterocycles. The highest BCUT2D eigenvalue weighted by atomic mass is 79.9. The van der Waals surface area contributed by atoms with Crippen LogP contribution >= 0.6 is 15.9 Å². The molecule has 1 N–H and O–H groups in total. The summed E-state index contributed by atoms with van der Waals surface area (Å²) in [4.78, 5) is 0. The molecule has 2 rings (SSSR count). The fourth-order valence-corrected chi connectivity index (χ4v) is 4.07. The molecule has 0 amide bonds. The van der Waals surface area contributed by atoms with Crippen molar-refractivity contribution in [2.75, 3.05) is 6.54 Å². The maximum atomic E-state index is 4.73. The Balaban J connectivity index is 2.10. The van der Waals surface area contributed by atoms with Gasteiger partial charge in [-0.3, -0.25) is 4.68 Å². The minimum atomic E-state index is 0.701. The number of halogens is 1. The average molecular weight is 342 g/mol. The molecule has 1 saturated carbocycles. The van der Waals surface area contributed by atoms with Gasteiger partial charge in [0.25, 0.3) is 0 Å². The van der Waals surface area contributed by atoms with Gasteiger partial charge in [0.1, 0.15) is 0 Å². The Labute approximate surface area is 131 Å². The highest BCUT2D eigenvalue weighted by molar-refractivity contribution is 9.10. The number of rotatable bonds is 7. The van der Waals surface area contributed by atoms with E-state index < -0.39 is 0 Å². The molecule has 1 aliphatic rings. The molecule has 4 heteroatoms. The van der Waals surface area contributed by atoms with Crippen LogP contribution in [0.15, 0.2) is 4.47 Å². The van der Waals surface area contributed by atoms with Crippen LogP contribution in [0.3, 0.4) is 0 Å². The number of hydrogen-bond acceptors (Lipinski definition) is 2. The van der Waals surface area contributed by atoms with Crippen molar-refractivity contribution in [2.45, 2.75) is 71.9 Å². The van der Waals surface area contributed by atoms with Gasteiger partial charge in [0, 0.05) is 12.6 Å². The van der Waals surface area contributed by atoms with Gasteiger partial charge in [-0.1, -0.05) is 20.3 Å². The molecule has 2 unspecified atom stereocenters. The third-order valence-electron chi connectivity index (χ3n) is 4.47. The lowest BCUT2D eigenvalue weighted by atomic mass is 9.97. The number of nitrogens with zero attached hydrogens (tertiary/aromatic N) is 2. The van der Waals surface area contributed by atoms with E-state index in [0.717, 1.165) is 31.8 Å². The number of nitrogens with one attached hydrogen (secondary N) is 1. The molecule has 0 saturated heterocycles. The average Bonchev–Trinajstić information content (AvgIpc) is 3.02. The van der Waals surface area contributed by atoms with E-state index in [1.807, 2.05) is 0 Å². The highest BCUT2D eigenvalue weighted by Gasteiger charge is 2.29. The summed E-state index contributed by atoms with van der Waals surface area (Å²) < 4.78 is 3.45. The first kappa shape index (κ1) is 16.0. The van der Waals surface area contributed by atoms with Crippen LogP contribution in [0.25, 0.3) is 0 Å². The lowest BCUT2D eigenvalue weighted by molar-refractivity contribution is 0.389. The van der Waals surface area contributed by atoms with E-state index >= 15 is 0 Å². The number of aromatic nitrogens is 2. The summed E-state index contributed by atoms with van der Waals surface area (Å²) in [5, 5.41) is 8.46. The third kappa shape index (κ3) is 3.45. The lowest BCUT2D eigenvalue weighted by Crippen LogP contribution is -2.34. The standard InChI is InChI=1S/C16H28BrN3/c1-4-10-18-14-9-7-8-12(14)11-15-16(17)13(5-2)19-20(15)6-3/h12,14,18H,4-11H2,1-3H3. The van der Waals surface area contributed by atoms with Gasteiger partial charge in [0.2, 0.25) is 0 Å². The van der Waals surface area contributed by atoms with Crippen molar-refractivity contribution in [1.29, 1.82) is 0 Å². The van der Waals surface area contributed by atoms with Crippen LogP contribution in [-0.2, 0) is 19.4 Å². The Hall–Kier alpha value is -0.350. The van der Waals surface area contributed by atoms with Gasteiger partial charge in [0.05, 0.1) is 15.9 Å². The number of aryl methyl sites for hydroxylation is 2. The summed E-state index contributed by atoms with van der Waals surface area (Å²) >= 11 is 3.78. The van der Waals surface area contributed by atoms with Crippen molar-refractivity contribution in [3.05, 3.63) is 15.9 Å². The Kier molecular flexibility index (Phi) is 6.09. The summed E-state index contributed by atoms with van der Waals surface area (Å²) in [6, 6.07) is 0.701. The molecule has 2 atom stereocenters. The summed E-state index contributed by atoms with van der Waals surface area (Å²) in [7, 11) is 0. The van der Waals surface area contributed by atoms with Crippen molar-refractivity contribution in [2.24, 2.45) is 5.92 Å².